The van der Waals surface area contributed by atoms with Gasteiger partial charge in [-0.1, -0.05) is 55.3 Å². The predicted molar refractivity (Wildman–Crippen MR) is 75.3 cm³/mol. The second-order valence-electron chi connectivity index (χ2n) is 4.60. The zero-order chi connectivity index (χ0) is 11.5. The Kier molecular flexibility index (Phi) is 4.88. The van der Waals surface area contributed by atoms with Crippen molar-refractivity contribution >= 4 is 34.1 Å². The van der Waals surface area contributed by atoms with Gasteiger partial charge in [-0.3, -0.25) is 0 Å². The zero-order valence-electron chi connectivity index (χ0n) is 9.38. The minimum atomic E-state index is 0.154. The van der Waals surface area contributed by atoms with Crippen LogP contribution in [-0.2, 0) is 11.8 Å². The Labute approximate surface area is 107 Å². The molecule has 0 aromatic heterocycles. The molecular formula is C12H17ClS2. The van der Waals surface area contributed by atoms with Crippen molar-refractivity contribution in [2.24, 2.45) is 0 Å². The van der Waals surface area contributed by atoms with E-state index in [0.29, 0.717) is 0 Å². The molecule has 0 bridgehead atoms. The molecule has 0 atom stereocenters. The first-order valence-corrected chi connectivity index (χ1v) is 7.42. The minimum Gasteiger partial charge on any atom is -0.111 e. The van der Waals surface area contributed by atoms with Crippen molar-refractivity contribution in [1.82, 2.24) is 0 Å². The highest BCUT2D eigenvalue weighted by molar-refractivity contribution is 8.68. The molecule has 0 aliphatic heterocycles. The molecule has 1 aromatic rings. The molecule has 0 heterocycles. The molecule has 15 heavy (non-hydrogen) atoms. The molecule has 3 heteroatoms. The third-order valence-corrected chi connectivity index (χ3v) is 3.66. The second kappa shape index (κ2) is 5.51. The molecule has 0 unspecified atom stereocenters. The van der Waals surface area contributed by atoms with Crippen LogP contribution in [0.2, 0.25) is 5.02 Å². The molecule has 0 fully saturated rings. The third kappa shape index (κ3) is 3.61. The van der Waals surface area contributed by atoms with Crippen LogP contribution in [0.15, 0.2) is 18.2 Å². The van der Waals surface area contributed by atoms with E-state index >= 15 is 0 Å². The van der Waals surface area contributed by atoms with Crippen LogP contribution in [0.4, 0.5) is 0 Å². The summed E-state index contributed by atoms with van der Waals surface area (Å²) in [6.45, 7) is 6.65. The Bertz CT molecular complexity index is 329. The van der Waals surface area contributed by atoms with E-state index in [1.807, 2.05) is 12.1 Å². The van der Waals surface area contributed by atoms with Crippen LogP contribution in [0, 0.1) is 0 Å². The van der Waals surface area contributed by atoms with Crippen LogP contribution < -0.4 is 0 Å². The SMILES string of the molecule is CC(C)(C)c1cccc(Cl)c1CCSS. The first-order valence-electron chi connectivity index (χ1n) is 5.01. The molecule has 0 saturated carbocycles. The number of hydrogen-bond donors (Lipinski definition) is 1. The summed E-state index contributed by atoms with van der Waals surface area (Å²) in [5.41, 5.74) is 2.77. The van der Waals surface area contributed by atoms with Crippen molar-refractivity contribution in [2.45, 2.75) is 32.6 Å². The molecule has 0 spiro atoms. The number of thiol groups is 1. The molecule has 0 radical (unpaired) electrons. The van der Waals surface area contributed by atoms with Gasteiger partial charge in [0.1, 0.15) is 0 Å². The van der Waals surface area contributed by atoms with Gasteiger partial charge in [-0.25, -0.2) is 0 Å². The number of halogens is 1. The lowest BCUT2D eigenvalue weighted by Crippen LogP contribution is -2.14. The maximum absolute atomic E-state index is 6.24. The van der Waals surface area contributed by atoms with Crippen molar-refractivity contribution in [1.29, 1.82) is 0 Å². The smallest absolute Gasteiger partial charge is 0.0441 e. The highest BCUT2D eigenvalue weighted by atomic mass is 35.5. The molecule has 0 saturated heterocycles. The maximum atomic E-state index is 6.24. The van der Waals surface area contributed by atoms with Gasteiger partial charge in [-0.2, -0.15) is 0 Å². The number of hydrogen-bond acceptors (Lipinski definition) is 2. The molecule has 0 nitrogen and oxygen atoms in total. The fourth-order valence-electron chi connectivity index (χ4n) is 1.66. The first-order chi connectivity index (χ1) is 6.96. The zero-order valence-corrected chi connectivity index (χ0v) is 11.8. The van der Waals surface area contributed by atoms with E-state index in [1.54, 1.807) is 10.8 Å². The fraction of sp³-hybridized carbons (Fsp3) is 0.500. The van der Waals surface area contributed by atoms with Gasteiger partial charge in [0.15, 0.2) is 0 Å². The summed E-state index contributed by atoms with van der Waals surface area (Å²) in [5.74, 6) is 0.996. The lowest BCUT2D eigenvalue weighted by molar-refractivity contribution is 0.583. The topological polar surface area (TPSA) is 0 Å². The average molecular weight is 261 g/mol. The van der Waals surface area contributed by atoms with Gasteiger partial charge in [0, 0.05) is 10.8 Å². The highest BCUT2D eigenvalue weighted by Crippen LogP contribution is 2.31. The summed E-state index contributed by atoms with van der Waals surface area (Å²) >= 11 is 10.4. The van der Waals surface area contributed by atoms with Gasteiger partial charge in [-0.05, 0) is 29.0 Å². The van der Waals surface area contributed by atoms with Gasteiger partial charge in [-0.15, -0.1) is 11.7 Å². The summed E-state index contributed by atoms with van der Waals surface area (Å²) in [7, 11) is 1.56. The van der Waals surface area contributed by atoms with Crippen molar-refractivity contribution in [3.8, 4) is 0 Å². The van der Waals surface area contributed by atoms with Gasteiger partial charge < -0.3 is 0 Å². The molecule has 0 aliphatic carbocycles. The second-order valence-corrected chi connectivity index (χ2v) is 6.45. The van der Waals surface area contributed by atoms with Crippen molar-refractivity contribution in [2.75, 3.05) is 5.75 Å². The molecule has 0 amide bonds. The Hall–Kier alpha value is 0.210. The Morgan fingerprint density at radius 2 is 2.00 bits per heavy atom. The maximum Gasteiger partial charge on any atom is 0.0441 e. The molecule has 0 N–H and O–H groups in total. The van der Waals surface area contributed by atoms with Crippen molar-refractivity contribution in [3.05, 3.63) is 34.3 Å². The number of rotatable bonds is 3. The fourth-order valence-corrected chi connectivity index (χ4v) is 2.50. The van der Waals surface area contributed by atoms with Crippen LogP contribution in [-0.4, -0.2) is 5.75 Å². The third-order valence-electron chi connectivity index (χ3n) is 2.37. The summed E-state index contributed by atoms with van der Waals surface area (Å²) in [6, 6.07) is 6.17. The van der Waals surface area contributed by atoms with E-state index in [1.165, 1.54) is 11.1 Å². The van der Waals surface area contributed by atoms with E-state index in [9.17, 15) is 0 Å². The summed E-state index contributed by atoms with van der Waals surface area (Å²) in [4.78, 5) is 0. The Morgan fingerprint density at radius 1 is 1.33 bits per heavy atom. The lowest BCUT2D eigenvalue weighted by Gasteiger charge is -2.23. The minimum absolute atomic E-state index is 0.154. The quantitative estimate of drug-likeness (QED) is 0.604. The molecule has 84 valence electrons. The molecule has 1 rings (SSSR count). The molecular weight excluding hydrogens is 244 g/mol. The van der Waals surface area contributed by atoms with Gasteiger partial charge in [0.05, 0.1) is 0 Å². The van der Waals surface area contributed by atoms with E-state index < -0.39 is 0 Å². The Balaban J connectivity index is 3.09. The highest BCUT2D eigenvalue weighted by Gasteiger charge is 2.18. The van der Waals surface area contributed by atoms with Crippen molar-refractivity contribution in [3.63, 3.8) is 0 Å². The predicted octanol–water partition coefficient (Wildman–Crippen LogP) is 4.76. The monoisotopic (exact) mass is 260 g/mol. The van der Waals surface area contributed by atoms with E-state index in [0.717, 1.165) is 17.2 Å². The van der Waals surface area contributed by atoms with Crippen LogP contribution in [0.1, 0.15) is 31.9 Å². The van der Waals surface area contributed by atoms with Crippen LogP contribution in [0.3, 0.4) is 0 Å². The van der Waals surface area contributed by atoms with Gasteiger partial charge in [0.2, 0.25) is 0 Å². The molecule has 1 aromatic carbocycles. The first kappa shape index (κ1) is 13.3. The Morgan fingerprint density at radius 3 is 2.53 bits per heavy atom. The normalized spacial score (nSPS) is 11.8. The van der Waals surface area contributed by atoms with Gasteiger partial charge >= 0.3 is 0 Å². The summed E-state index contributed by atoms with van der Waals surface area (Å²) in [6.07, 6.45) is 0.987. The van der Waals surface area contributed by atoms with E-state index in [-0.39, 0.29) is 5.41 Å². The van der Waals surface area contributed by atoms with Crippen LogP contribution >= 0.6 is 34.1 Å². The number of benzene rings is 1. The van der Waals surface area contributed by atoms with Crippen molar-refractivity contribution < 1.29 is 0 Å². The lowest BCUT2D eigenvalue weighted by atomic mass is 9.83. The largest absolute Gasteiger partial charge is 0.111 e. The summed E-state index contributed by atoms with van der Waals surface area (Å²) in [5, 5.41) is 0.879. The van der Waals surface area contributed by atoms with E-state index in [2.05, 4.69) is 38.5 Å². The van der Waals surface area contributed by atoms with Crippen LogP contribution in [0.5, 0.6) is 0 Å². The summed E-state index contributed by atoms with van der Waals surface area (Å²) < 4.78 is 0. The van der Waals surface area contributed by atoms with Gasteiger partial charge in [0.25, 0.3) is 0 Å². The standard InChI is InChI=1S/C12H17ClS2/c1-12(2,3)10-5-4-6-11(13)9(10)7-8-15-14/h4-6,14H,7-8H2,1-3H3. The molecule has 0 aliphatic rings. The van der Waals surface area contributed by atoms with Crippen LogP contribution in [0.25, 0.3) is 0 Å². The van der Waals surface area contributed by atoms with E-state index in [4.69, 9.17) is 11.6 Å². The average Bonchev–Trinajstić information content (AvgIpc) is 2.14.